The summed E-state index contributed by atoms with van der Waals surface area (Å²) in [6, 6.07) is 13.8. The molecule has 0 spiro atoms. The number of pyridine rings is 1. The molecule has 13 heteroatoms. The maximum Gasteiger partial charge on any atom is 0.501 e. The number of carbonyl (C=O) groups is 1. The summed E-state index contributed by atoms with van der Waals surface area (Å²) >= 11 is 0. The molecule has 9 nitrogen and oxygen atoms in total. The van der Waals surface area contributed by atoms with Crippen molar-refractivity contribution in [3.8, 4) is 11.6 Å². The molecule has 2 heterocycles. The van der Waals surface area contributed by atoms with E-state index in [1.54, 1.807) is 37.4 Å². The molecule has 0 atom stereocenters. The van der Waals surface area contributed by atoms with Crippen molar-refractivity contribution >= 4 is 21.4 Å². The molecule has 1 N–H and O–H groups in total. The van der Waals surface area contributed by atoms with Crippen molar-refractivity contribution < 1.29 is 31.5 Å². The Hall–Kier alpha value is -4.39. The Kier molecular flexibility index (Phi) is 6.89. The first-order valence-electron chi connectivity index (χ1n) is 11.0. The molecule has 4 rings (SSSR count). The fourth-order valence-electron chi connectivity index (χ4n) is 3.84. The number of para-hydroxylation sites is 1. The van der Waals surface area contributed by atoms with E-state index in [9.17, 15) is 36.3 Å². The van der Waals surface area contributed by atoms with Crippen LogP contribution in [-0.4, -0.2) is 46.1 Å². The van der Waals surface area contributed by atoms with Crippen molar-refractivity contribution in [2.24, 2.45) is 0 Å². The first kappa shape index (κ1) is 26.7. The minimum absolute atomic E-state index is 0.0506. The van der Waals surface area contributed by atoms with Crippen LogP contribution in [0.15, 0.2) is 82.7 Å². The zero-order valence-electron chi connectivity index (χ0n) is 20.0. The second kappa shape index (κ2) is 9.82. The zero-order chi connectivity index (χ0) is 27.8. The van der Waals surface area contributed by atoms with Crippen molar-refractivity contribution in [2.75, 3.05) is 11.9 Å². The lowest BCUT2D eigenvalue weighted by Gasteiger charge is -2.19. The van der Waals surface area contributed by atoms with Gasteiger partial charge in [-0.05, 0) is 55.0 Å². The summed E-state index contributed by atoms with van der Waals surface area (Å²) in [5.41, 5.74) is -4.87. The number of aromatic nitrogens is 3. The van der Waals surface area contributed by atoms with E-state index in [4.69, 9.17) is 0 Å². The lowest BCUT2D eigenvalue weighted by molar-refractivity contribution is -0.0436. The predicted octanol–water partition coefficient (Wildman–Crippen LogP) is 3.67. The number of aromatic hydroxyl groups is 1. The predicted molar refractivity (Wildman–Crippen MR) is 132 cm³/mol. The molecule has 38 heavy (non-hydrogen) atoms. The Morgan fingerprint density at radius 3 is 2.29 bits per heavy atom. The monoisotopic (exact) mass is 546 g/mol. The van der Waals surface area contributed by atoms with Crippen LogP contribution >= 0.6 is 0 Å². The number of alkyl halides is 3. The summed E-state index contributed by atoms with van der Waals surface area (Å²) in [7, 11) is -3.98. The van der Waals surface area contributed by atoms with Crippen LogP contribution in [0.3, 0.4) is 0 Å². The minimum Gasteiger partial charge on any atom is -0.493 e. The van der Waals surface area contributed by atoms with Gasteiger partial charge in [0.05, 0.1) is 28.4 Å². The van der Waals surface area contributed by atoms with Gasteiger partial charge in [0.15, 0.2) is 0 Å². The smallest absolute Gasteiger partial charge is 0.493 e. The highest BCUT2D eigenvalue weighted by atomic mass is 32.2. The van der Waals surface area contributed by atoms with E-state index in [2.05, 4.69) is 4.98 Å². The van der Waals surface area contributed by atoms with Crippen LogP contribution in [-0.2, 0) is 16.4 Å². The molecular formula is C25H21F3N4O5S. The summed E-state index contributed by atoms with van der Waals surface area (Å²) in [4.78, 5) is 30.9. The number of nitrogens with zero attached hydrogens (tertiary/aromatic N) is 4. The maximum absolute atomic E-state index is 13.2. The normalized spacial score (nSPS) is 11.9. The third-order valence-electron chi connectivity index (χ3n) is 5.99. The van der Waals surface area contributed by atoms with E-state index in [1.165, 1.54) is 28.8 Å². The van der Waals surface area contributed by atoms with Gasteiger partial charge in [0, 0.05) is 25.1 Å². The Labute approximate surface area is 214 Å². The van der Waals surface area contributed by atoms with Gasteiger partial charge in [-0.1, -0.05) is 18.2 Å². The molecule has 2 aromatic carbocycles. The second-order valence-electron chi connectivity index (χ2n) is 8.29. The number of imidazole rings is 1. The number of sulfone groups is 1. The standard InChI is InChI=1S/C25H21F3N4O5S/c1-16-22(33)32(19-8-10-20(11-9-19)38(36,37)25(26,27)28)24(35)31(16)15-17-12-13-29-14-21(17)23(34)30(2)18-6-4-3-5-7-18/h3-14,33H,15H2,1-2H3. The topological polar surface area (TPSA) is 115 Å². The van der Waals surface area contributed by atoms with Gasteiger partial charge in [-0.15, -0.1) is 0 Å². The van der Waals surface area contributed by atoms with Crippen LogP contribution in [0.2, 0.25) is 0 Å². The molecule has 0 aliphatic heterocycles. The summed E-state index contributed by atoms with van der Waals surface area (Å²) in [5.74, 6) is -0.875. The lowest BCUT2D eigenvalue weighted by atomic mass is 10.1. The minimum atomic E-state index is -5.58. The van der Waals surface area contributed by atoms with Crippen molar-refractivity contribution in [3.05, 3.63) is 100 Å². The van der Waals surface area contributed by atoms with Crippen LogP contribution in [0.25, 0.3) is 5.69 Å². The van der Waals surface area contributed by atoms with Crippen molar-refractivity contribution in [1.29, 1.82) is 0 Å². The van der Waals surface area contributed by atoms with Crippen LogP contribution in [0.1, 0.15) is 21.6 Å². The molecule has 0 saturated heterocycles. The molecule has 198 valence electrons. The summed E-state index contributed by atoms with van der Waals surface area (Å²) < 4.78 is 63.9. The first-order chi connectivity index (χ1) is 17.8. The van der Waals surface area contributed by atoms with E-state index in [0.717, 1.165) is 16.7 Å². The molecule has 1 amide bonds. The first-order valence-corrected chi connectivity index (χ1v) is 12.5. The summed E-state index contributed by atoms with van der Waals surface area (Å²) in [6.07, 6.45) is 2.82. The molecule has 4 aromatic rings. The second-order valence-corrected chi connectivity index (χ2v) is 10.2. The van der Waals surface area contributed by atoms with Crippen molar-refractivity contribution in [1.82, 2.24) is 14.1 Å². The van der Waals surface area contributed by atoms with E-state index in [1.807, 2.05) is 6.07 Å². The van der Waals surface area contributed by atoms with Crippen molar-refractivity contribution in [2.45, 2.75) is 23.9 Å². The third-order valence-corrected chi connectivity index (χ3v) is 7.49. The van der Waals surface area contributed by atoms with E-state index < -0.39 is 31.8 Å². The molecule has 0 saturated carbocycles. The number of benzene rings is 2. The fraction of sp³-hybridized carbons (Fsp3) is 0.160. The van der Waals surface area contributed by atoms with Gasteiger partial charge in [-0.25, -0.2) is 17.8 Å². The number of carbonyl (C=O) groups excluding carboxylic acids is 1. The third kappa shape index (κ3) is 4.67. The molecular weight excluding hydrogens is 525 g/mol. The van der Waals surface area contributed by atoms with Crippen LogP contribution in [0.4, 0.5) is 18.9 Å². The molecule has 0 fully saturated rings. The number of anilines is 1. The van der Waals surface area contributed by atoms with Gasteiger partial charge >= 0.3 is 11.2 Å². The van der Waals surface area contributed by atoms with Crippen LogP contribution < -0.4 is 10.6 Å². The van der Waals surface area contributed by atoms with Gasteiger partial charge in [-0.2, -0.15) is 13.2 Å². The number of rotatable bonds is 6. The largest absolute Gasteiger partial charge is 0.501 e. The average Bonchev–Trinajstić information content (AvgIpc) is 3.11. The Morgan fingerprint density at radius 2 is 1.68 bits per heavy atom. The summed E-state index contributed by atoms with van der Waals surface area (Å²) in [5, 5.41) is 10.7. The van der Waals surface area contributed by atoms with Gasteiger partial charge in [-0.3, -0.25) is 14.3 Å². The van der Waals surface area contributed by atoms with Crippen molar-refractivity contribution in [3.63, 3.8) is 0 Å². The number of halogens is 3. The number of hydrogen-bond donors (Lipinski definition) is 1. The molecule has 2 aromatic heterocycles. The Morgan fingerprint density at radius 1 is 1.05 bits per heavy atom. The molecule has 0 unspecified atom stereocenters. The number of amides is 1. The van der Waals surface area contributed by atoms with Gasteiger partial charge in [0.2, 0.25) is 5.88 Å². The molecule has 0 radical (unpaired) electrons. The zero-order valence-corrected chi connectivity index (χ0v) is 20.9. The highest BCUT2D eigenvalue weighted by Gasteiger charge is 2.46. The van der Waals surface area contributed by atoms with Gasteiger partial charge in [0.1, 0.15) is 0 Å². The molecule has 0 aliphatic rings. The van der Waals surface area contributed by atoms with Gasteiger partial charge in [0.25, 0.3) is 15.7 Å². The van der Waals surface area contributed by atoms with Gasteiger partial charge < -0.3 is 10.0 Å². The SMILES string of the molecule is Cc1c(O)n(-c2ccc(S(=O)(=O)C(F)(F)F)cc2)c(=O)n1Cc1ccncc1C(=O)N(C)c1ccccc1. The van der Waals surface area contributed by atoms with Crippen LogP contribution in [0.5, 0.6) is 5.88 Å². The van der Waals surface area contributed by atoms with E-state index in [-0.39, 0.29) is 29.4 Å². The number of hydrogen-bond acceptors (Lipinski definition) is 6. The lowest BCUT2D eigenvalue weighted by Crippen LogP contribution is -2.29. The molecule has 0 aliphatic carbocycles. The van der Waals surface area contributed by atoms with E-state index >= 15 is 0 Å². The maximum atomic E-state index is 13.2. The Balaban J connectivity index is 1.70. The van der Waals surface area contributed by atoms with Crippen LogP contribution in [0, 0.1) is 6.92 Å². The Bertz CT molecular complexity index is 1660. The quantitative estimate of drug-likeness (QED) is 0.395. The highest BCUT2D eigenvalue weighted by Crippen LogP contribution is 2.31. The average molecular weight is 547 g/mol. The summed E-state index contributed by atoms with van der Waals surface area (Å²) in [6.45, 7) is 1.33. The fourth-order valence-corrected chi connectivity index (χ4v) is 4.60. The van der Waals surface area contributed by atoms with E-state index in [0.29, 0.717) is 23.4 Å². The molecule has 0 bridgehead atoms. The highest BCUT2D eigenvalue weighted by molar-refractivity contribution is 7.92.